The summed E-state index contributed by atoms with van der Waals surface area (Å²) in [6.07, 6.45) is 2.61. The number of nitrogens with zero attached hydrogens (tertiary/aromatic N) is 1. The molecular formula is C14H23N3O2S. The van der Waals surface area contributed by atoms with Crippen molar-refractivity contribution in [3.8, 4) is 0 Å². The molecule has 0 radical (unpaired) electrons. The fourth-order valence-corrected chi connectivity index (χ4v) is 3.82. The van der Waals surface area contributed by atoms with Crippen LogP contribution in [0.15, 0.2) is 30.3 Å². The minimum Gasteiger partial charge on any atom is -0.330 e. The Bertz CT molecular complexity index is 504. The zero-order valence-electron chi connectivity index (χ0n) is 11.7. The third-order valence-electron chi connectivity index (χ3n) is 3.70. The normalized spacial score (nSPS) is 20.9. The van der Waals surface area contributed by atoms with Crippen molar-refractivity contribution in [2.45, 2.75) is 19.3 Å². The lowest BCUT2D eigenvalue weighted by Crippen LogP contribution is -2.47. The van der Waals surface area contributed by atoms with Crippen LogP contribution in [0.2, 0.25) is 0 Å². The number of piperidine rings is 1. The largest absolute Gasteiger partial charge is 0.330 e. The zero-order chi connectivity index (χ0) is 14.4. The summed E-state index contributed by atoms with van der Waals surface area (Å²) in [6, 6.07) is 9.87. The summed E-state index contributed by atoms with van der Waals surface area (Å²) in [7, 11) is -3.37. The molecule has 1 aliphatic heterocycles. The number of benzene rings is 1. The van der Waals surface area contributed by atoms with Crippen LogP contribution in [-0.4, -0.2) is 38.9 Å². The maximum atomic E-state index is 12.2. The van der Waals surface area contributed by atoms with Crippen LogP contribution >= 0.6 is 0 Å². The highest BCUT2D eigenvalue weighted by atomic mass is 32.2. The third kappa shape index (κ3) is 4.28. The van der Waals surface area contributed by atoms with E-state index in [1.54, 1.807) is 0 Å². The molecule has 3 N–H and O–H groups in total. The summed E-state index contributed by atoms with van der Waals surface area (Å²) in [6.45, 7) is 2.11. The van der Waals surface area contributed by atoms with Gasteiger partial charge in [0.05, 0.1) is 0 Å². The second-order valence-electron chi connectivity index (χ2n) is 5.24. The summed E-state index contributed by atoms with van der Waals surface area (Å²) < 4.78 is 28.6. The summed E-state index contributed by atoms with van der Waals surface area (Å²) in [5, 5.41) is 0. The topological polar surface area (TPSA) is 75.4 Å². The van der Waals surface area contributed by atoms with Crippen molar-refractivity contribution < 1.29 is 8.42 Å². The van der Waals surface area contributed by atoms with Crippen molar-refractivity contribution in [1.82, 2.24) is 9.03 Å². The van der Waals surface area contributed by atoms with Gasteiger partial charge in [-0.05, 0) is 37.3 Å². The molecule has 0 amide bonds. The Morgan fingerprint density at radius 3 is 2.75 bits per heavy atom. The van der Waals surface area contributed by atoms with Gasteiger partial charge in [-0.1, -0.05) is 30.3 Å². The van der Waals surface area contributed by atoms with Crippen LogP contribution in [-0.2, 0) is 16.6 Å². The Morgan fingerprint density at radius 1 is 1.30 bits per heavy atom. The van der Waals surface area contributed by atoms with Crippen molar-refractivity contribution in [3.05, 3.63) is 35.9 Å². The van der Waals surface area contributed by atoms with Crippen molar-refractivity contribution in [2.75, 3.05) is 26.2 Å². The van der Waals surface area contributed by atoms with Crippen LogP contribution in [0, 0.1) is 5.92 Å². The fourth-order valence-electron chi connectivity index (χ4n) is 2.50. The molecule has 0 saturated carbocycles. The van der Waals surface area contributed by atoms with E-state index in [9.17, 15) is 8.42 Å². The first-order chi connectivity index (χ1) is 9.62. The molecule has 1 heterocycles. The number of nitrogens with one attached hydrogen (secondary N) is 1. The van der Waals surface area contributed by atoms with Gasteiger partial charge in [0.1, 0.15) is 0 Å². The molecule has 2 rings (SSSR count). The first-order valence-electron chi connectivity index (χ1n) is 7.10. The van der Waals surface area contributed by atoms with E-state index in [0.717, 1.165) is 18.4 Å². The van der Waals surface area contributed by atoms with E-state index in [1.165, 1.54) is 4.31 Å². The van der Waals surface area contributed by atoms with Gasteiger partial charge in [-0.15, -0.1) is 0 Å². The van der Waals surface area contributed by atoms with Crippen molar-refractivity contribution >= 4 is 10.2 Å². The minimum absolute atomic E-state index is 0.287. The Labute approximate surface area is 121 Å². The Balaban J connectivity index is 1.84. The highest BCUT2D eigenvalue weighted by molar-refractivity contribution is 7.87. The van der Waals surface area contributed by atoms with Gasteiger partial charge in [-0.2, -0.15) is 12.7 Å². The van der Waals surface area contributed by atoms with E-state index >= 15 is 0 Å². The Morgan fingerprint density at radius 2 is 2.05 bits per heavy atom. The van der Waals surface area contributed by atoms with Crippen molar-refractivity contribution in [2.24, 2.45) is 11.7 Å². The van der Waals surface area contributed by atoms with Crippen molar-refractivity contribution in [3.63, 3.8) is 0 Å². The second kappa shape index (κ2) is 7.17. The van der Waals surface area contributed by atoms with E-state index in [4.69, 9.17) is 5.73 Å². The van der Waals surface area contributed by atoms with Gasteiger partial charge in [-0.3, -0.25) is 0 Å². The van der Waals surface area contributed by atoms with E-state index in [2.05, 4.69) is 4.72 Å². The van der Waals surface area contributed by atoms with E-state index in [1.807, 2.05) is 30.3 Å². The van der Waals surface area contributed by atoms with Crippen LogP contribution in [0.1, 0.15) is 18.4 Å². The predicted molar refractivity (Wildman–Crippen MR) is 80.4 cm³/mol. The summed E-state index contributed by atoms with van der Waals surface area (Å²) >= 11 is 0. The van der Waals surface area contributed by atoms with Crippen molar-refractivity contribution in [1.29, 1.82) is 0 Å². The predicted octanol–water partition coefficient (Wildman–Crippen LogP) is 0.734. The van der Waals surface area contributed by atoms with Crippen LogP contribution in [0.5, 0.6) is 0 Å². The van der Waals surface area contributed by atoms with Gasteiger partial charge in [0.25, 0.3) is 10.2 Å². The molecule has 112 valence electrons. The summed E-state index contributed by atoms with van der Waals surface area (Å²) in [4.78, 5) is 0. The highest BCUT2D eigenvalue weighted by Crippen LogP contribution is 2.17. The van der Waals surface area contributed by atoms with Crippen LogP contribution in [0.3, 0.4) is 0 Å². The quantitative estimate of drug-likeness (QED) is 0.813. The Hall–Kier alpha value is -0.950. The molecule has 1 atom stereocenters. The first kappa shape index (κ1) is 15.4. The molecule has 1 aliphatic rings. The van der Waals surface area contributed by atoms with Gasteiger partial charge in [0.15, 0.2) is 0 Å². The molecule has 0 aliphatic carbocycles. The number of hydrogen-bond acceptors (Lipinski definition) is 3. The lowest BCUT2D eigenvalue weighted by molar-refractivity contribution is 0.269. The molecule has 1 aromatic carbocycles. The van der Waals surface area contributed by atoms with Crippen LogP contribution in [0.25, 0.3) is 0 Å². The smallest absolute Gasteiger partial charge is 0.279 e. The molecule has 6 heteroatoms. The molecule has 0 spiro atoms. The molecule has 0 aromatic heterocycles. The zero-order valence-corrected chi connectivity index (χ0v) is 12.5. The highest BCUT2D eigenvalue weighted by Gasteiger charge is 2.27. The molecule has 1 fully saturated rings. The number of hydrogen-bond donors (Lipinski definition) is 2. The SMILES string of the molecule is NCC1CCCN(S(=O)(=O)NCCc2ccccc2)C1. The summed E-state index contributed by atoms with van der Waals surface area (Å²) in [5.74, 6) is 0.287. The maximum absolute atomic E-state index is 12.2. The van der Waals surface area contributed by atoms with E-state index < -0.39 is 10.2 Å². The molecule has 0 bridgehead atoms. The van der Waals surface area contributed by atoms with E-state index in [0.29, 0.717) is 32.6 Å². The van der Waals surface area contributed by atoms with Gasteiger partial charge >= 0.3 is 0 Å². The molecular weight excluding hydrogens is 274 g/mol. The standard InChI is InChI=1S/C14H23N3O2S/c15-11-14-7-4-10-17(12-14)20(18,19)16-9-8-13-5-2-1-3-6-13/h1-3,5-6,14,16H,4,7-12,15H2. The molecule has 1 saturated heterocycles. The minimum atomic E-state index is -3.37. The Kier molecular flexibility index (Phi) is 5.54. The summed E-state index contributed by atoms with van der Waals surface area (Å²) in [5.41, 5.74) is 6.78. The van der Waals surface area contributed by atoms with Gasteiger partial charge in [0, 0.05) is 19.6 Å². The molecule has 20 heavy (non-hydrogen) atoms. The molecule has 1 unspecified atom stereocenters. The fraction of sp³-hybridized carbons (Fsp3) is 0.571. The van der Waals surface area contributed by atoms with Crippen LogP contribution < -0.4 is 10.5 Å². The monoisotopic (exact) mass is 297 g/mol. The molecule has 5 nitrogen and oxygen atoms in total. The number of rotatable bonds is 6. The number of nitrogens with two attached hydrogens (primary N) is 1. The first-order valence-corrected chi connectivity index (χ1v) is 8.54. The third-order valence-corrected chi connectivity index (χ3v) is 5.28. The van der Waals surface area contributed by atoms with Gasteiger partial charge < -0.3 is 5.73 Å². The van der Waals surface area contributed by atoms with Gasteiger partial charge in [-0.25, -0.2) is 4.72 Å². The van der Waals surface area contributed by atoms with E-state index in [-0.39, 0.29) is 5.92 Å². The molecule has 1 aromatic rings. The average molecular weight is 297 g/mol. The van der Waals surface area contributed by atoms with Crippen LogP contribution in [0.4, 0.5) is 0 Å². The maximum Gasteiger partial charge on any atom is 0.279 e. The lowest BCUT2D eigenvalue weighted by Gasteiger charge is -2.31. The van der Waals surface area contributed by atoms with Gasteiger partial charge in [0.2, 0.25) is 0 Å². The lowest BCUT2D eigenvalue weighted by atomic mass is 10.0. The average Bonchev–Trinajstić information content (AvgIpc) is 2.48. The second-order valence-corrected chi connectivity index (χ2v) is 6.99.